The molecule has 0 nitrogen and oxygen atoms in total. The Morgan fingerprint density at radius 3 is 1.50 bits per heavy atom. The number of hydrogen-bond acceptors (Lipinski definition) is 0. The summed E-state index contributed by atoms with van der Waals surface area (Å²) >= 11 is 0. The smallest absolute Gasteiger partial charge is 1.00 e. The molecule has 0 amide bonds. The third-order valence-corrected chi connectivity index (χ3v) is 0. The van der Waals surface area contributed by atoms with Crippen LogP contribution in [0.3, 0.4) is 0 Å². The summed E-state index contributed by atoms with van der Waals surface area (Å²) in [5, 5.41) is 0. The molecule has 0 saturated carbocycles. The van der Waals surface area contributed by atoms with Crippen LogP contribution in [-0.4, -0.2) is 9.91 Å². The first kappa shape index (κ1) is 16.7. The van der Waals surface area contributed by atoms with Gasteiger partial charge in [-0.1, -0.05) is 0 Å². The molecule has 4 heteroatoms. The van der Waals surface area contributed by atoms with Crippen molar-refractivity contribution < 1.29 is 42.0 Å². The molecule has 1 unspecified atom stereocenters. The van der Waals surface area contributed by atoms with Gasteiger partial charge in [-0.25, -0.2) is 0 Å². The van der Waals surface area contributed by atoms with E-state index in [0.717, 1.165) is 0 Å². The fraction of sp³-hybridized carbons (Fsp3) is 0. The third-order valence-electron chi connectivity index (χ3n) is 0. The molecular formula is H6LiPSiTi. The molecule has 0 radical (unpaired) electrons. The van der Waals surface area contributed by atoms with Crippen molar-refractivity contribution in [3.63, 3.8) is 0 Å². The first-order chi connectivity index (χ1) is 1.00. The minimum absolute atomic E-state index is 0. The Hall–Kier alpha value is 1.96. The van der Waals surface area contributed by atoms with E-state index >= 15 is 0 Å². The zero-order chi connectivity index (χ0) is 2.00. The fourth-order valence-corrected chi connectivity index (χ4v) is 0. The monoisotopic (exact) mass is 120 g/mol. The van der Waals surface area contributed by atoms with E-state index in [9.17, 15) is 0 Å². The SMILES string of the molecule is [H-].[Li+].[SiH3]P.[Ti]. The van der Waals surface area contributed by atoms with Crippen molar-refractivity contribution in [3.05, 3.63) is 0 Å². The first-order valence-electron chi connectivity index (χ1n) is 0.577. The molecule has 0 aliphatic carbocycles. The maximum absolute atomic E-state index is 2.56. The van der Waals surface area contributed by atoms with Gasteiger partial charge in [0.1, 0.15) is 0 Å². The summed E-state index contributed by atoms with van der Waals surface area (Å²) in [6, 6.07) is 0. The molecule has 0 bridgehead atoms. The molecule has 0 saturated heterocycles. The Morgan fingerprint density at radius 1 is 1.50 bits per heavy atom. The Bertz CT molecular complexity index is 11.6. The maximum atomic E-state index is 2.56. The zero-order valence-electron chi connectivity index (χ0n) is 4.08. The second-order valence-electron chi connectivity index (χ2n) is 0. The summed E-state index contributed by atoms with van der Waals surface area (Å²) in [7, 11) is 3.78. The van der Waals surface area contributed by atoms with E-state index in [2.05, 4.69) is 8.79 Å². The van der Waals surface area contributed by atoms with E-state index < -0.39 is 0 Å². The zero-order valence-corrected chi connectivity index (χ0v) is 7.79. The standard InChI is InChI=1S/Li.H5PSi.Ti.H/c;1-2;;/h;1H2,2H3;;/q+1;;;-1. The van der Waals surface area contributed by atoms with Crippen LogP contribution in [0.25, 0.3) is 0 Å². The normalized spacial score (nSPS) is 2.25. The van der Waals surface area contributed by atoms with E-state index in [1.165, 1.54) is 9.91 Å². The largest absolute Gasteiger partial charge is 1.00 e. The predicted octanol–water partition coefficient (Wildman–Crippen LogP) is -3.74. The van der Waals surface area contributed by atoms with Crippen LogP contribution in [0.2, 0.25) is 0 Å². The van der Waals surface area contributed by atoms with Crippen molar-refractivity contribution >= 4 is 18.7 Å². The average Bonchev–Trinajstić information content (AvgIpc) is 1.00. The maximum Gasteiger partial charge on any atom is 1.00 e. The van der Waals surface area contributed by atoms with Crippen molar-refractivity contribution in [3.8, 4) is 0 Å². The van der Waals surface area contributed by atoms with Crippen molar-refractivity contribution in [2.45, 2.75) is 0 Å². The molecular weight excluding hydrogens is 114 g/mol. The fourth-order valence-electron chi connectivity index (χ4n) is 0. The van der Waals surface area contributed by atoms with Gasteiger partial charge in [0, 0.05) is 31.6 Å². The molecule has 0 N–H and O–H groups in total. The Balaban J connectivity index is -0.00000000167. The van der Waals surface area contributed by atoms with E-state index in [4.69, 9.17) is 0 Å². The second-order valence-corrected chi connectivity index (χ2v) is 0. The summed E-state index contributed by atoms with van der Waals surface area (Å²) < 4.78 is 0. The molecule has 0 heterocycles. The van der Waals surface area contributed by atoms with Crippen LogP contribution in [0, 0.1) is 0 Å². The molecule has 1 atom stereocenters. The van der Waals surface area contributed by atoms with Crippen LogP contribution in [0.1, 0.15) is 1.43 Å². The van der Waals surface area contributed by atoms with Crippen LogP contribution in [0.15, 0.2) is 0 Å². The van der Waals surface area contributed by atoms with Crippen molar-refractivity contribution in [1.29, 1.82) is 0 Å². The summed E-state index contributed by atoms with van der Waals surface area (Å²) in [6.07, 6.45) is 0. The number of rotatable bonds is 0. The van der Waals surface area contributed by atoms with Gasteiger partial charge in [-0.2, -0.15) is 8.79 Å². The van der Waals surface area contributed by atoms with Crippen LogP contribution in [0.5, 0.6) is 0 Å². The van der Waals surface area contributed by atoms with E-state index in [-0.39, 0.29) is 42.0 Å². The van der Waals surface area contributed by atoms with Crippen LogP contribution < -0.4 is 18.9 Å². The molecule has 4 heavy (non-hydrogen) atoms. The van der Waals surface area contributed by atoms with Gasteiger partial charge in [-0.3, -0.25) is 0 Å². The van der Waals surface area contributed by atoms with Gasteiger partial charge in [-0.15, -0.1) is 0 Å². The summed E-state index contributed by atoms with van der Waals surface area (Å²) in [4.78, 5) is 0. The van der Waals surface area contributed by atoms with Crippen LogP contribution >= 0.6 is 8.79 Å². The van der Waals surface area contributed by atoms with Crippen LogP contribution in [-0.2, 0) is 21.7 Å². The molecule has 0 spiro atoms. The number of hydrogen-bond donors (Lipinski definition) is 0. The van der Waals surface area contributed by atoms with Gasteiger partial charge < -0.3 is 1.43 Å². The van der Waals surface area contributed by atoms with Gasteiger partial charge in [0.15, 0.2) is 0 Å². The van der Waals surface area contributed by atoms with Gasteiger partial charge in [-0.05, 0) is 0 Å². The minimum Gasteiger partial charge on any atom is -1.00 e. The van der Waals surface area contributed by atoms with E-state index in [1.807, 2.05) is 0 Å². The Morgan fingerprint density at radius 2 is 1.50 bits per heavy atom. The van der Waals surface area contributed by atoms with Crippen molar-refractivity contribution in [1.82, 2.24) is 0 Å². The van der Waals surface area contributed by atoms with Crippen LogP contribution in [0.4, 0.5) is 0 Å². The topological polar surface area (TPSA) is 0 Å². The third kappa shape index (κ3) is 9.03. The van der Waals surface area contributed by atoms with E-state index in [1.54, 1.807) is 0 Å². The molecule has 20 valence electrons. The van der Waals surface area contributed by atoms with Gasteiger partial charge in [0.2, 0.25) is 0 Å². The second kappa shape index (κ2) is 20.3. The molecule has 0 aromatic carbocycles. The minimum atomic E-state index is 0. The Labute approximate surface area is 60.5 Å². The predicted molar refractivity (Wildman–Crippen MR) is 20.8 cm³/mol. The molecule has 0 aromatic heterocycles. The summed E-state index contributed by atoms with van der Waals surface area (Å²) in [5.41, 5.74) is 0. The van der Waals surface area contributed by atoms with Crippen molar-refractivity contribution in [2.75, 3.05) is 0 Å². The molecule has 0 rings (SSSR count). The van der Waals surface area contributed by atoms with Gasteiger partial charge >= 0.3 is 18.9 Å². The summed E-state index contributed by atoms with van der Waals surface area (Å²) in [5.74, 6) is 0. The molecule has 0 aromatic rings. The molecule has 0 aliphatic heterocycles. The molecule has 0 fully saturated rings. The van der Waals surface area contributed by atoms with E-state index in [0.29, 0.717) is 0 Å². The first-order valence-corrected chi connectivity index (χ1v) is 5.20. The van der Waals surface area contributed by atoms with Gasteiger partial charge in [0.05, 0.1) is 0 Å². The van der Waals surface area contributed by atoms with Crippen molar-refractivity contribution in [2.24, 2.45) is 0 Å². The quantitative estimate of drug-likeness (QED) is 0.227. The average molecular weight is 120 g/mol. The summed E-state index contributed by atoms with van der Waals surface area (Å²) in [6.45, 7) is 0. The molecule has 0 aliphatic rings. The van der Waals surface area contributed by atoms with Gasteiger partial charge in [0.25, 0.3) is 0 Å². The Kier molecular flexibility index (Phi) is 84.8.